The average molecular weight is 259 g/mol. The molecular weight excluding hydrogens is 243 g/mol. The van der Waals surface area contributed by atoms with Crippen LogP contribution >= 0.6 is 23.2 Å². The van der Waals surface area contributed by atoms with Crippen molar-refractivity contribution in [2.75, 3.05) is 13.6 Å². The molecule has 2 nitrogen and oxygen atoms in total. The molecule has 0 radical (unpaired) electrons. The second-order valence-corrected chi connectivity index (χ2v) is 5.16. The van der Waals surface area contributed by atoms with Crippen molar-refractivity contribution in [2.24, 2.45) is 5.73 Å². The fourth-order valence-corrected chi connectivity index (χ4v) is 2.84. The predicted molar refractivity (Wildman–Crippen MR) is 69.0 cm³/mol. The first-order valence-corrected chi connectivity index (χ1v) is 6.26. The van der Waals surface area contributed by atoms with Gasteiger partial charge in [-0.15, -0.1) is 0 Å². The van der Waals surface area contributed by atoms with E-state index in [1.54, 1.807) is 0 Å². The van der Waals surface area contributed by atoms with E-state index in [-0.39, 0.29) is 12.1 Å². The number of hydrogen-bond acceptors (Lipinski definition) is 2. The Kier molecular flexibility index (Phi) is 3.75. The first-order chi connectivity index (χ1) is 7.61. The lowest BCUT2D eigenvalue weighted by Crippen LogP contribution is -2.44. The zero-order valence-electron chi connectivity index (χ0n) is 9.29. The molecule has 1 aliphatic rings. The van der Waals surface area contributed by atoms with Crippen LogP contribution in [-0.2, 0) is 0 Å². The molecular formula is C12H16Cl2N2. The van der Waals surface area contributed by atoms with Crippen LogP contribution in [0.25, 0.3) is 0 Å². The maximum absolute atomic E-state index is 6.24. The molecule has 1 fully saturated rings. The van der Waals surface area contributed by atoms with Gasteiger partial charge < -0.3 is 5.73 Å². The van der Waals surface area contributed by atoms with Crippen LogP contribution in [0.15, 0.2) is 18.2 Å². The molecule has 1 aromatic rings. The molecule has 0 spiro atoms. The van der Waals surface area contributed by atoms with Crippen molar-refractivity contribution in [1.82, 2.24) is 4.90 Å². The normalized spacial score (nSPS) is 27.0. The number of halogens is 2. The van der Waals surface area contributed by atoms with Gasteiger partial charge >= 0.3 is 0 Å². The zero-order valence-corrected chi connectivity index (χ0v) is 10.8. The monoisotopic (exact) mass is 258 g/mol. The zero-order chi connectivity index (χ0) is 11.7. The highest BCUT2D eigenvalue weighted by molar-refractivity contribution is 6.42. The number of likely N-dealkylation sites (N-methyl/N-ethyl adjacent to an activating group) is 1. The second-order valence-electron chi connectivity index (χ2n) is 4.37. The Labute approximate surface area is 106 Å². The van der Waals surface area contributed by atoms with Crippen molar-refractivity contribution in [3.8, 4) is 0 Å². The Bertz CT molecular complexity index is 371. The fraction of sp³-hybridized carbons (Fsp3) is 0.500. The van der Waals surface area contributed by atoms with Crippen LogP contribution in [-0.4, -0.2) is 24.5 Å². The van der Waals surface area contributed by atoms with Gasteiger partial charge in [-0.1, -0.05) is 35.3 Å². The van der Waals surface area contributed by atoms with Gasteiger partial charge in [0.15, 0.2) is 0 Å². The van der Waals surface area contributed by atoms with Gasteiger partial charge in [0.2, 0.25) is 0 Å². The number of rotatable bonds is 1. The number of likely N-dealkylation sites (tertiary alicyclic amines) is 1. The quantitative estimate of drug-likeness (QED) is 0.839. The van der Waals surface area contributed by atoms with Crippen LogP contribution < -0.4 is 5.73 Å². The maximum Gasteiger partial charge on any atom is 0.0640 e. The molecule has 2 atom stereocenters. The van der Waals surface area contributed by atoms with Gasteiger partial charge in [-0.05, 0) is 38.1 Å². The molecule has 16 heavy (non-hydrogen) atoms. The summed E-state index contributed by atoms with van der Waals surface area (Å²) in [7, 11) is 2.08. The van der Waals surface area contributed by atoms with Gasteiger partial charge in [0.1, 0.15) is 0 Å². The highest BCUT2D eigenvalue weighted by Crippen LogP contribution is 2.36. The minimum Gasteiger partial charge on any atom is -0.326 e. The molecule has 2 unspecified atom stereocenters. The summed E-state index contributed by atoms with van der Waals surface area (Å²) in [5, 5.41) is 1.24. The third-order valence-corrected chi connectivity index (χ3v) is 4.06. The summed E-state index contributed by atoms with van der Waals surface area (Å²) in [6.45, 7) is 1.06. The number of piperidine rings is 1. The Balaban J connectivity index is 2.38. The van der Waals surface area contributed by atoms with Gasteiger partial charge in [-0.3, -0.25) is 4.90 Å². The van der Waals surface area contributed by atoms with Crippen LogP contribution in [0.1, 0.15) is 24.4 Å². The van der Waals surface area contributed by atoms with E-state index in [1.807, 2.05) is 18.2 Å². The molecule has 0 aliphatic carbocycles. The maximum atomic E-state index is 6.24. The van der Waals surface area contributed by atoms with E-state index in [0.717, 1.165) is 24.9 Å². The van der Waals surface area contributed by atoms with Crippen molar-refractivity contribution >= 4 is 23.2 Å². The van der Waals surface area contributed by atoms with Gasteiger partial charge in [0.05, 0.1) is 16.1 Å². The van der Waals surface area contributed by atoms with Crippen molar-refractivity contribution in [3.05, 3.63) is 33.8 Å². The van der Waals surface area contributed by atoms with Crippen LogP contribution in [0.4, 0.5) is 0 Å². The van der Waals surface area contributed by atoms with E-state index in [4.69, 9.17) is 28.9 Å². The molecule has 0 amide bonds. The smallest absolute Gasteiger partial charge is 0.0640 e. The second kappa shape index (κ2) is 4.92. The number of hydrogen-bond donors (Lipinski definition) is 1. The summed E-state index contributed by atoms with van der Waals surface area (Å²) in [4.78, 5) is 2.26. The molecule has 0 bridgehead atoms. The highest BCUT2D eigenvalue weighted by Gasteiger charge is 2.29. The van der Waals surface area contributed by atoms with E-state index in [2.05, 4.69) is 11.9 Å². The molecule has 1 aromatic carbocycles. The summed E-state index contributed by atoms with van der Waals surface area (Å²) < 4.78 is 0. The Morgan fingerprint density at radius 2 is 2.12 bits per heavy atom. The number of nitrogens with two attached hydrogens (primary N) is 1. The Morgan fingerprint density at radius 1 is 1.38 bits per heavy atom. The van der Waals surface area contributed by atoms with Crippen molar-refractivity contribution in [1.29, 1.82) is 0 Å². The van der Waals surface area contributed by atoms with E-state index in [0.29, 0.717) is 10.0 Å². The molecule has 1 heterocycles. The minimum atomic E-state index is 0.134. The van der Waals surface area contributed by atoms with Gasteiger partial charge in [0.25, 0.3) is 0 Å². The lowest BCUT2D eigenvalue weighted by atomic mass is 9.91. The lowest BCUT2D eigenvalue weighted by molar-refractivity contribution is 0.163. The minimum absolute atomic E-state index is 0.134. The van der Waals surface area contributed by atoms with E-state index >= 15 is 0 Å². The van der Waals surface area contributed by atoms with E-state index in [9.17, 15) is 0 Å². The lowest BCUT2D eigenvalue weighted by Gasteiger charge is -2.38. The summed E-state index contributed by atoms with van der Waals surface area (Å²) >= 11 is 12.3. The largest absolute Gasteiger partial charge is 0.326 e. The summed E-state index contributed by atoms with van der Waals surface area (Å²) in [6.07, 6.45) is 2.18. The number of nitrogens with zero attached hydrogens (tertiary/aromatic N) is 1. The first kappa shape index (κ1) is 12.2. The summed E-state index contributed by atoms with van der Waals surface area (Å²) in [5.74, 6) is 0. The van der Waals surface area contributed by atoms with Crippen LogP contribution in [0, 0.1) is 0 Å². The van der Waals surface area contributed by atoms with Crippen molar-refractivity contribution in [2.45, 2.75) is 24.9 Å². The van der Waals surface area contributed by atoms with Gasteiger partial charge in [-0.2, -0.15) is 0 Å². The van der Waals surface area contributed by atoms with Crippen molar-refractivity contribution < 1.29 is 0 Å². The van der Waals surface area contributed by atoms with E-state index in [1.165, 1.54) is 0 Å². The Morgan fingerprint density at radius 3 is 2.81 bits per heavy atom. The molecule has 88 valence electrons. The standard InChI is InChI=1S/C12H16Cl2N2/c1-16-7-3-6-10(15)12(16)8-4-2-5-9(13)11(8)14/h2,4-5,10,12H,3,6-7,15H2,1H3. The van der Waals surface area contributed by atoms with Crippen LogP contribution in [0.5, 0.6) is 0 Å². The Hall–Kier alpha value is -0.280. The molecule has 2 rings (SSSR count). The summed E-state index contributed by atoms with van der Waals surface area (Å²) in [5.41, 5.74) is 7.22. The topological polar surface area (TPSA) is 29.3 Å². The predicted octanol–water partition coefficient (Wildman–Crippen LogP) is 3.09. The molecule has 0 aromatic heterocycles. The van der Waals surface area contributed by atoms with E-state index < -0.39 is 0 Å². The third-order valence-electron chi connectivity index (χ3n) is 3.23. The highest BCUT2D eigenvalue weighted by atomic mass is 35.5. The fourth-order valence-electron chi connectivity index (χ4n) is 2.42. The molecule has 1 aliphatic heterocycles. The van der Waals surface area contributed by atoms with Crippen LogP contribution in [0.3, 0.4) is 0 Å². The van der Waals surface area contributed by atoms with Crippen LogP contribution in [0.2, 0.25) is 10.0 Å². The number of benzene rings is 1. The summed E-state index contributed by atoms with van der Waals surface area (Å²) in [6, 6.07) is 6.07. The van der Waals surface area contributed by atoms with Crippen molar-refractivity contribution in [3.63, 3.8) is 0 Å². The average Bonchev–Trinajstić information content (AvgIpc) is 2.24. The molecule has 2 N–H and O–H groups in total. The van der Waals surface area contributed by atoms with Gasteiger partial charge in [-0.25, -0.2) is 0 Å². The SMILES string of the molecule is CN1CCCC(N)C1c1cccc(Cl)c1Cl. The first-order valence-electron chi connectivity index (χ1n) is 5.51. The van der Waals surface area contributed by atoms with Gasteiger partial charge in [0, 0.05) is 6.04 Å². The third kappa shape index (κ3) is 2.21. The molecule has 0 saturated carbocycles. The molecule has 4 heteroatoms. The molecule has 1 saturated heterocycles.